The van der Waals surface area contributed by atoms with E-state index in [1.165, 1.54) is 5.56 Å². The molecule has 0 aliphatic rings. The summed E-state index contributed by atoms with van der Waals surface area (Å²) in [5.41, 5.74) is 3.49. The Balaban J connectivity index is 2.11. The number of aryl methyl sites for hydroxylation is 2. The zero-order valence-electron chi connectivity index (χ0n) is 12.4. The van der Waals surface area contributed by atoms with Crippen molar-refractivity contribution in [1.82, 2.24) is 19.6 Å². The zero-order chi connectivity index (χ0) is 14.0. The molecule has 0 amide bonds. The highest BCUT2D eigenvalue weighted by Crippen LogP contribution is 2.24. The van der Waals surface area contributed by atoms with E-state index in [1.54, 1.807) is 0 Å². The summed E-state index contributed by atoms with van der Waals surface area (Å²) in [7, 11) is 1.97. The van der Waals surface area contributed by atoms with Gasteiger partial charge in [-0.05, 0) is 6.92 Å². The lowest BCUT2D eigenvalue weighted by Crippen LogP contribution is -2.16. The fourth-order valence-corrected chi connectivity index (χ4v) is 2.12. The molecule has 5 nitrogen and oxygen atoms in total. The topological polar surface area (TPSA) is 47.7 Å². The Labute approximate surface area is 114 Å². The number of nitrogens with one attached hydrogen (secondary N) is 1. The van der Waals surface area contributed by atoms with Gasteiger partial charge in [0.1, 0.15) is 0 Å². The van der Waals surface area contributed by atoms with Crippen LogP contribution in [0.4, 0.5) is 5.69 Å². The Morgan fingerprint density at radius 1 is 1.26 bits per heavy atom. The minimum Gasteiger partial charge on any atom is -0.378 e. The maximum Gasteiger partial charge on any atom is 0.0729 e. The Hall–Kier alpha value is -1.78. The molecule has 2 aromatic heterocycles. The van der Waals surface area contributed by atoms with Crippen LogP contribution in [0.15, 0.2) is 18.6 Å². The summed E-state index contributed by atoms with van der Waals surface area (Å²) in [5, 5.41) is 12.2. The fraction of sp³-hybridized carbons (Fsp3) is 0.571. The average molecular weight is 261 g/mol. The van der Waals surface area contributed by atoms with E-state index < -0.39 is 0 Å². The first-order valence-electron chi connectivity index (χ1n) is 6.69. The van der Waals surface area contributed by atoms with Crippen LogP contribution in [0.2, 0.25) is 0 Å². The van der Waals surface area contributed by atoms with Crippen molar-refractivity contribution in [2.24, 2.45) is 7.05 Å². The minimum absolute atomic E-state index is 0.0614. The first kappa shape index (κ1) is 13.6. The molecule has 0 aromatic carbocycles. The number of aromatic nitrogens is 4. The molecule has 5 heteroatoms. The van der Waals surface area contributed by atoms with Gasteiger partial charge >= 0.3 is 0 Å². The number of hydrogen-bond donors (Lipinski definition) is 1. The van der Waals surface area contributed by atoms with Crippen LogP contribution in [0, 0.1) is 0 Å². The Kier molecular flexibility index (Phi) is 3.64. The minimum atomic E-state index is 0.0614. The molecule has 2 heterocycles. The van der Waals surface area contributed by atoms with Crippen LogP contribution in [0.25, 0.3) is 0 Å². The lowest BCUT2D eigenvalue weighted by Gasteiger charge is -2.17. The molecule has 2 aromatic rings. The first-order chi connectivity index (χ1) is 8.90. The predicted octanol–water partition coefficient (Wildman–Crippen LogP) is 2.55. The van der Waals surface area contributed by atoms with Crippen LogP contribution in [0.1, 0.15) is 39.0 Å². The molecule has 1 N–H and O–H groups in total. The highest BCUT2D eigenvalue weighted by molar-refractivity contribution is 5.40. The van der Waals surface area contributed by atoms with Crippen molar-refractivity contribution in [1.29, 1.82) is 0 Å². The summed E-state index contributed by atoms with van der Waals surface area (Å²) in [4.78, 5) is 0. The van der Waals surface area contributed by atoms with Crippen LogP contribution >= 0.6 is 0 Å². The summed E-state index contributed by atoms with van der Waals surface area (Å²) in [6.45, 7) is 10.3. The van der Waals surface area contributed by atoms with Crippen LogP contribution in [-0.4, -0.2) is 19.6 Å². The van der Waals surface area contributed by atoms with Gasteiger partial charge in [-0.15, -0.1) is 0 Å². The van der Waals surface area contributed by atoms with E-state index in [0.717, 1.165) is 24.5 Å². The second-order valence-corrected chi connectivity index (χ2v) is 5.86. The average Bonchev–Trinajstić information content (AvgIpc) is 2.91. The van der Waals surface area contributed by atoms with Crippen LogP contribution in [0.3, 0.4) is 0 Å². The van der Waals surface area contributed by atoms with Gasteiger partial charge in [-0.3, -0.25) is 9.36 Å². The van der Waals surface area contributed by atoms with Crippen molar-refractivity contribution in [3.05, 3.63) is 29.8 Å². The summed E-state index contributed by atoms with van der Waals surface area (Å²) < 4.78 is 3.79. The summed E-state index contributed by atoms with van der Waals surface area (Å²) in [6.07, 6.45) is 5.96. The number of hydrogen-bond acceptors (Lipinski definition) is 3. The molecule has 104 valence electrons. The van der Waals surface area contributed by atoms with Gasteiger partial charge in [0.25, 0.3) is 0 Å². The zero-order valence-corrected chi connectivity index (χ0v) is 12.4. The van der Waals surface area contributed by atoms with Gasteiger partial charge in [-0.2, -0.15) is 10.2 Å². The van der Waals surface area contributed by atoms with Crippen molar-refractivity contribution in [2.75, 3.05) is 5.32 Å². The van der Waals surface area contributed by atoms with Crippen molar-refractivity contribution in [3.8, 4) is 0 Å². The second-order valence-electron chi connectivity index (χ2n) is 5.86. The predicted molar refractivity (Wildman–Crippen MR) is 77.1 cm³/mol. The molecule has 0 saturated heterocycles. The van der Waals surface area contributed by atoms with E-state index in [0.29, 0.717) is 0 Å². The monoisotopic (exact) mass is 261 g/mol. The van der Waals surface area contributed by atoms with Gasteiger partial charge in [-0.1, -0.05) is 20.8 Å². The van der Waals surface area contributed by atoms with Crippen LogP contribution in [-0.2, 0) is 25.6 Å². The van der Waals surface area contributed by atoms with Crippen molar-refractivity contribution < 1.29 is 0 Å². The van der Waals surface area contributed by atoms with Crippen LogP contribution in [0.5, 0.6) is 0 Å². The smallest absolute Gasteiger partial charge is 0.0729 e. The lowest BCUT2D eigenvalue weighted by molar-refractivity contribution is 0.549. The maximum absolute atomic E-state index is 4.57. The molecule has 0 radical (unpaired) electrons. The summed E-state index contributed by atoms with van der Waals surface area (Å²) in [5.74, 6) is 0. The SMILES string of the molecule is CCn1cc(NCc2cn(C)nc2C(C)(C)C)cn1. The molecule has 0 saturated carbocycles. The van der Waals surface area contributed by atoms with E-state index in [-0.39, 0.29) is 5.41 Å². The molecule has 0 spiro atoms. The molecule has 0 atom stereocenters. The highest BCUT2D eigenvalue weighted by atomic mass is 15.3. The maximum atomic E-state index is 4.57. The van der Waals surface area contributed by atoms with Gasteiger partial charge < -0.3 is 5.32 Å². The standard InChI is InChI=1S/C14H23N5/c1-6-19-10-12(8-16-19)15-7-11-9-18(5)17-13(11)14(2,3)4/h8-10,15H,6-7H2,1-5H3. The Bertz CT molecular complexity index is 544. The molecule has 0 aliphatic carbocycles. The summed E-state index contributed by atoms with van der Waals surface area (Å²) >= 11 is 0. The Morgan fingerprint density at radius 3 is 2.58 bits per heavy atom. The van der Waals surface area contributed by atoms with Crippen molar-refractivity contribution in [3.63, 3.8) is 0 Å². The largest absolute Gasteiger partial charge is 0.378 e. The number of nitrogens with zero attached hydrogens (tertiary/aromatic N) is 4. The molecular formula is C14H23N5. The summed E-state index contributed by atoms with van der Waals surface area (Å²) in [6, 6.07) is 0. The third-order valence-electron chi connectivity index (χ3n) is 3.06. The highest BCUT2D eigenvalue weighted by Gasteiger charge is 2.21. The molecule has 0 bridgehead atoms. The van der Waals surface area contributed by atoms with E-state index >= 15 is 0 Å². The van der Waals surface area contributed by atoms with Gasteiger partial charge in [0.2, 0.25) is 0 Å². The second kappa shape index (κ2) is 5.07. The molecule has 2 rings (SSSR count). The van der Waals surface area contributed by atoms with E-state index in [2.05, 4.69) is 49.4 Å². The van der Waals surface area contributed by atoms with Gasteiger partial charge in [0.05, 0.1) is 17.6 Å². The Morgan fingerprint density at radius 2 is 2.00 bits per heavy atom. The number of rotatable bonds is 4. The molecule has 0 aliphatic heterocycles. The van der Waals surface area contributed by atoms with E-state index in [9.17, 15) is 0 Å². The van der Waals surface area contributed by atoms with E-state index in [1.807, 2.05) is 28.8 Å². The first-order valence-corrected chi connectivity index (χ1v) is 6.69. The fourth-order valence-electron chi connectivity index (χ4n) is 2.12. The quantitative estimate of drug-likeness (QED) is 0.920. The van der Waals surface area contributed by atoms with Gasteiger partial charge in [-0.25, -0.2) is 0 Å². The molecule has 0 unspecified atom stereocenters. The third kappa shape index (κ3) is 3.16. The normalized spacial score (nSPS) is 11.8. The van der Waals surface area contributed by atoms with Crippen LogP contribution < -0.4 is 5.32 Å². The number of anilines is 1. The third-order valence-corrected chi connectivity index (χ3v) is 3.06. The van der Waals surface area contributed by atoms with Gasteiger partial charge in [0, 0.05) is 43.5 Å². The lowest BCUT2D eigenvalue weighted by atomic mass is 9.89. The molecule has 19 heavy (non-hydrogen) atoms. The van der Waals surface area contributed by atoms with Crippen molar-refractivity contribution >= 4 is 5.69 Å². The molecular weight excluding hydrogens is 238 g/mol. The molecule has 0 fully saturated rings. The van der Waals surface area contributed by atoms with E-state index in [4.69, 9.17) is 0 Å². The van der Waals surface area contributed by atoms with Crippen molar-refractivity contribution in [2.45, 2.75) is 46.2 Å². The van der Waals surface area contributed by atoms with Gasteiger partial charge in [0.15, 0.2) is 0 Å².